The van der Waals surface area contributed by atoms with Crippen molar-refractivity contribution < 1.29 is 23.1 Å². The van der Waals surface area contributed by atoms with Crippen LogP contribution in [0.4, 0.5) is 13.2 Å². The third-order valence-corrected chi connectivity index (χ3v) is 3.61. The van der Waals surface area contributed by atoms with Gasteiger partial charge in [0.15, 0.2) is 0 Å². The van der Waals surface area contributed by atoms with E-state index in [9.17, 15) is 18.0 Å². The molecule has 0 aliphatic heterocycles. The highest BCUT2D eigenvalue weighted by atomic mass is 32.1. The van der Waals surface area contributed by atoms with E-state index in [-0.39, 0.29) is 0 Å². The number of carboxylic acids is 1. The predicted octanol–water partition coefficient (Wildman–Crippen LogP) is 4.53. The van der Waals surface area contributed by atoms with Gasteiger partial charge in [-0.05, 0) is 35.9 Å². The number of alkyl halides is 3. The van der Waals surface area contributed by atoms with Gasteiger partial charge in [-0.1, -0.05) is 12.1 Å². The van der Waals surface area contributed by atoms with Crippen LogP contribution in [0.25, 0.3) is 16.5 Å². The SMILES string of the molecule is O=C(O)/C=C/c1ccc(-c2ccc(C(F)(F)F)cc2)s1. The molecular formula is C14H9F3O2S. The van der Waals surface area contributed by atoms with E-state index in [1.54, 1.807) is 12.1 Å². The highest BCUT2D eigenvalue weighted by Crippen LogP contribution is 2.33. The second-order valence-corrected chi connectivity index (χ2v) is 5.06. The van der Waals surface area contributed by atoms with Gasteiger partial charge in [0.2, 0.25) is 0 Å². The molecule has 0 saturated heterocycles. The van der Waals surface area contributed by atoms with E-state index in [4.69, 9.17) is 5.11 Å². The van der Waals surface area contributed by atoms with Gasteiger partial charge in [0.25, 0.3) is 0 Å². The van der Waals surface area contributed by atoms with E-state index in [2.05, 4.69) is 0 Å². The molecule has 0 unspecified atom stereocenters. The summed E-state index contributed by atoms with van der Waals surface area (Å²) < 4.78 is 37.3. The largest absolute Gasteiger partial charge is 0.478 e. The zero-order valence-corrected chi connectivity index (χ0v) is 10.8. The summed E-state index contributed by atoms with van der Waals surface area (Å²) in [6.45, 7) is 0. The van der Waals surface area contributed by atoms with Crippen LogP contribution >= 0.6 is 11.3 Å². The van der Waals surface area contributed by atoms with Gasteiger partial charge in [0, 0.05) is 15.8 Å². The average Bonchev–Trinajstić information content (AvgIpc) is 2.84. The lowest BCUT2D eigenvalue weighted by Crippen LogP contribution is -2.03. The molecule has 0 aliphatic rings. The first kappa shape index (κ1) is 14.3. The van der Waals surface area contributed by atoms with Crippen LogP contribution in [0.3, 0.4) is 0 Å². The molecule has 1 N–H and O–H groups in total. The Balaban J connectivity index is 2.22. The summed E-state index contributed by atoms with van der Waals surface area (Å²) in [4.78, 5) is 11.9. The smallest absolute Gasteiger partial charge is 0.416 e. The van der Waals surface area contributed by atoms with Gasteiger partial charge in [-0.15, -0.1) is 11.3 Å². The second kappa shape index (κ2) is 5.50. The van der Waals surface area contributed by atoms with Crippen LogP contribution < -0.4 is 0 Å². The van der Waals surface area contributed by atoms with Crippen molar-refractivity contribution in [2.45, 2.75) is 6.18 Å². The molecule has 2 aromatic rings. The van der Waals surface area contributed by atoms with Gasteiger partial charge in [-0.2, -0.15) is 13.2 Å². The Morgan fingerprint density at radius 3 is 2.30 bits per heavy atom. The number of aliphatic carboxylic acids is 1. The molecule has 1 aromatic carbocycles. The molecule has 6 heteroatoms. The number of halogens is 3. The van der Waals surface area contributed by atoms with Crippen LogP contribution in [-0.2, 0) is 11.0 Å². The zero-order chi connectivity index (χ0) is 14.8. The van der Waals surface area contributed by atoms with Crippen LogP contribution in [0.5, 0.6) is 0 Å². The first-order valence-corrected chi connectivity index (χ1v) is 6.36. The Morgan fingerprint density at radius 1 is 1.10 bits per heavy atom. The fraction of sp³-hybridized carbons (Fsp3) is 0.0714. The molecule has 1 aromatic heterocycles. The van der Waals surface area contributed by atoms with Gasteiger partial charge >= 0.3 is 12.1 Å². The molecule has 1 heterocycles. The van der Waals surface area contributed by atoms with Gasteiger partial charge in [-0.25, -0.2) is 4.79 Å². The van der Waals surface area contributed by atoms with Crippen molar-refractivity contribution >= 4 is 23.4 Å². The number of hydrogen-bond acceptors (Lipinski definition) is 2. The van der Waals surface area contributed by atoms with Crippen LogP contribution in [0.1, 0.15) is 10.4 Å². The number of benzene rings is 1. The molecule has 0 atom stereocenters. The van der Waals surface area contributed by atoms with Crippen molar-refractivity contribution in [1.82, 2.24) is 0 Å². The quantitative estimate of drug-likeness (QED) is 0.845. The normalized spacial score (nSPS) is 11.9. The monoisotopic (exact) mass is 298 g/mol. The third-order valence-electron chi connectivity index (χ3n) is 2.51. The average molecular weight is 298 g/mol. The first-order valence-electron chi connectivity index (χ1n) is 5.55. The lowest BCUT2D eigenvalue weighted by atomic mass is 10.1. The van der Waals surface area contributed by atoms with Gasteiger partial charge in [0.05, 0.1) is 5.56 Å². The van der Waals surface area contributed by atoms with Crippen molar-refractivity contribution in [3.05, 3.63) is 52.9 Å². The van der Waals surface area contributed by atoms with Crippen molar-refractivity contribution in [3.63, 3.8) is 0 Å². The molecule has 104 valence electrons. The Morgan fingerprint density at radius 2 is 1.75 bits per heavy atom. The molecule has 0 amide bonds. The second-order valence-electron chi connectivity index (χ2n) is 3.95. The predicted molar refractivity (Wildman–Crippen MR) is 71.4 cm³/mol. The molecule has 0 spiro atoms. The van der Waals surface area contributed by atoms with Crippen molar-refractivity contribution in [2.75, 3.05) is 0 Å². The van der Waals surface area contributed by atoms with Crippen LogP contribution in [0.2, 0.25) is 0 Å². The summed E-state index contributed by atoms with van der Waals surface area (Å²) >= 11 is 1.31. The zero-order valence-electron chi connectivity index (χ0n) is 10.0. The minimum Gasteiger partial charge on any atom is -0.478 e. The molecule has 0 bridgehead atoms. The van der Waals surface area contributed by atoms with Gasteiger partial charge in [0.1, 0.15) is 0 Å². The Kier molecular flexibility index (Phi) is 3.94. The number of rotatable bonds is 3. The molecule has 20 heavy (non-hydrogen) atoms. The van der Waals surface area contributed by atoms with Gasteiger partial charge < -0.3 is 5.11 Å². The van der Waals surface area contributed by atoms with Crippen LogP contribution in [0.15, 0.2) is 42.5 Å². The fourth-order valence-corrected chi connectivity index (χ4v) is 2.49. The maximum atomic E-state index is 12.4. The molecule has 0 fully saturated rings. The van der Waals surface area contributed by atoms with Crippen molar-refractivity contribution in [3.8, 4) is 10.4 Å². The van der Waals surface area contributed by atoms with E-state index in [1.807, 2.05) is 0 Å². The lowest BCUT2D eigenvalue weighted by molar-refractivity contribution is -0.137. The maximum Gasteiger partial charge on any atom is 0.416 e. The molecule has 0 radical (unpaired) electrons. The van der Waals surface area contributed by atoms with E-state index in [0.717, 1.165) is 28.0 Å². The minimum atomic E-state index is -4.34. The molecule has 0 aliphatic carbocycles. The Labute approximate surface area is 116 Å². The van der Waals surface area contributed by atoms with E-state index in [0.29, 0.717) is 5.56 Å². The summed E-state index contributed by atoms with van der Waals surface area (Å²) in [5.74, 6) is -1.05. The third kappa shape index (κ3) is 3.48. The van der Waals surface area contributed by atoms with Gasteiger partial charge in [-0.3, -0.25) is 0 Å². The van der Waals surface area contributed by atoms with E-state index in [1.165, 1.54) is 29.5 Å². The lowest BCUT2D eigenvalue weighted by Gasteiger charge is -2.06. The first-order chi connectivity index (χ1) is 9.36. The van der Waals surface area contributed by atoms with Crippen molar-refractivity contribution in [2.24, 2.45) is 0 Å². The summed E-state index contributed by atoms with van der Waals surface area (Å²) in [6.07, 6.45) is -1.88. The number of carbonyl (C=O) groups is 1. The molecule has 2 nitrogen and oxygen atoms in total. The summed E-state index contributed by atoms with van der Waals surface area (Å²) in [6, 6.07) is 8.33. The highest BCUT2D eigenvalue weighted by Gasteiger charge is 2.29. The van der Waals surface area contributed by atoms with E-state index < -0.39 is 17.7 Å². The standard InChI is InChI=1S/C14H9F3O2S/c15-14(16,17)10-3-1-9(2-4-10)12-7-5-11(20-12)6-8-13(18)19/h1-8H,(H,18,19)/b8-6+. The number of thiophene rings is 1. The van der Waals surface area contributed by atoms with Crippen LogP contribution in [0, 0.1) is 0 Å². The summed E-state index contributed by atoms with van der Waals surface area (Å²) in [5, 5.41) is 8.52. The Bertz CT molecular complexity index is 639. The number of hydrogen-bond donors (Lipinski definition) is 1. The molecule has 0 saturated carbocycles. The number of carboxylic acid groups (broad SMARTS) is 1. The summed E-state index contributed by atoms with van der Waals surface area (Å²) in [5.41, 5.74) is -0.0261. The Hall–Kier alpha value is -2.08. The minimum absolute atomic E-state index is 0.665. The topological polar surface area (TPSA) is 37.3 Å². The molecular weight excluding hydrogens is 289 g/mol. The fourth-order valence-electron chi connectivity index (χ4n) is 1.57. The molecule has 2 rings (SSSR count). The van der Waals surface area contributed by atoms with Crippen molar-refractivity contribution in [1.29, 1.82) is 0 Å². The summed E-state index contributed by atoms with van der Waals surface area (Å²) in [7, 11) is 0. The highest BCUT2D eigenvalue weighted by molar-refractivity contribution is 7.16. The van der Waals surface area contributed by atoms with Crippen LogP contribution in [-0.4, -0.2) is 11.1 Å². The maximum absolute atomic E-state index is 12.4. The van der Waals surface area contributed by atoms with E-state index >= 15 is 0 Å².